The molecule has 0 amide bonds. The molecule has 1 aromatic rings. The standard InChI is InChI=1S/C17H28N4OS/c1-18-17(19-7-12-23-2)20-13-15-3-5-16(6-4-15)14-21-8-10-22-11-9-21/h3-6H,7-14H2,1-2H3,(H2,18,19,20). The van der Waals surface area contributed by atoms with E-state index in [2.05, 4.69) is 51.0 Å². The number of aliphatic imine (C=N–C) groups is 1. The molecule has 1 aliphatic heterocycles. The number of nitrogens with zero attached hydrogens (tertiary/aromatic N) is 2. The summed E-state index contributed by atoms with van der Waals surface area (Å²) in [5.74, 6) is 1.94. The Balaban J connectivity index is 1.75. The predicted octanol–water partition coefficient (Wildman–Crippen LogP) is 1.55. The second-order valence-corrected chi connectivity index (χ2v) is 6.54. The van der Waals surface area contributed by atoms with Gasteiger partial charge in [-0.2, -0.15) is 11.8 Å². The molecule has 0 atom stereocenters. The summed E-state index contributed by atoms with van der Waals surface area (Å²) in [6, 6.07) is 8.82. The Bertz CT molecular complexity index is 472. The van der Waals surface area contributed by atoms with Crippen LogP contribution in [0.2, 0.25) is 0 Å². The summed E-state index contributed by atoms with van der Waals surface area (Å²) in [5, 5.41) is 6.65. The Labute approximate surface area is 143 Å². The van der Waals surface area contributed by atoms with Crippen LogP contribution in [-0.4, -0.2) is 62.8 Å². The van der Waals surface area contributed by atoms with Gasteiger partial charge in [-0.1, -0.05) is 24.3 Å². The van der Waals surface area contributed by atoms with E-state index < -0.39 is 0 Å². The molecule has 0 aromatic heterocycles. The van der Waals surface area contributed by atoms with E-state index >= 15 is 0 Å². The highest BCUT2D eigenvalue weighted by atomic mass is 32.2. The van der Waals surface area contributed by atoms with Crippen molar-refractivity contribution in [3.8, 4) is 0 Å². The number of guanidine groups is 1. The minimum absolute atomic E-state index is 0.788. The van der Waals surface area contributed by atoms with E-state index in [-0.39, 0.29) is 0 Å². The first-order valence-electron chi connectivity index (χ1n) is 8.13. The highest BCUT2D eigenvalue weighted by Crippen LogP contribution is 2.09. The molecule has 0 unspecified atom stereocenters. The van der Waals surface area contributed by atoms with Gasteiger partial charge in [-0.25, -0.2) is 0 Å². The number of hydrogen-bond acceptors (Lipinski definition) is 4. The number of rotatable bonds is 7. The van der Waals surface area contributed by atoms with Gasteiger partial charge in [0.05, 0.1) is 13.2 Å². The molecule has 2 N–H and O–H groups in total. The smallest absolute Gasteiger partial charge is 0.191 e. The van der Waals surface area contributed by atoms with Crippen molar-refractivity contribution in [3.63, 3.8) is 0 Å². The lowest BCUT2D eigenvalue weighted by Gasteiger charge is -2.26. The monoisotopic (exact) mass is 336 g/mol. The summed E-state index contributed by atoms with van der Waals surface area (Å²) in [6.07, 6.45) is 2.11. The first-order valence-corrected chi connectivity index (χ1v) is 9.52. The van der Waals surface area contributed by atoms with Crippen molar-refractivity contribution in [1.29, 1.82) is 0 Å². The van der Waals surface area contributed by atoms with Gasteiger partial charge in [0, 0.05) is 45.5 Å². The number of thioether (sulfide) groups is 1. The van der Waals surface area contributed by atoms with Crippen LogP contribution in [0.25, 0.3) is 0 Å². The van der Waals surface area contributed by atoms with E-state index in [1.54, 1.807) is 7.05 Å². The lowest BCUT2D eigenvalue weighted by Crippen LogP contribution is -2.37. The normalized spacial score (nSPS) is 16.3. The van der Waals surface area contributed by atoms with Gasteiger partial charge in [-0.3, -0.25) is 9.89 Å². The summed E-state index contributed by atoms with van der Waals surface area (Å²) >= 11 is 1.83. The molecular formula is C17H28N4OS. The third-order valence-electron chi connectivity index (χ3n) is 3.82. The van der Waals surface area contributed by atoms with Crippen LogP contribution in [0.4, 0.5) is 0 Å². The Morgan fingerprint density at radius 2 is 1.87 bits per heavy atom. The topological polar surface area (TPSA) is 48.9 Å². The summed E-state index contributed by atoms with van der Waals surface area (Å²) in [5.41, 5.74) is 2.63. The summed E-state index contributed by atoms with van der Waals surface area (Å²) in [4.78, 5) is 6.68. The van der Waals surface area contributed by atoms with Gasteiger partial charge in [0.2, 0.25) is 0 Å². The van der Waals surface area contributed by atoms with Gasteiger partial charge < -0.3 is 15.4 Å². The van der Waals surface area contributed by atoms with Gasteiger partial charge in [-0.05, 0) is 17.4 Å². The molecule has 0 spiro atoms. The van der Waals surface area contributed by atoms with Crippen LogP contribution in [0, 0.1) is 0 Å². The average Bonchev–Trinajstić information content (AvgIpc) is 2.60. The van der Waals surface area contributed by atoms with Crippen molar-refractivity contribution in [2.24, 2.45) is 4.99 Å². The second kappa shape index (κ2) is 10.5. The molecule has 0 bridgehead atoms. The molecule has 2 rings (SSSR count). The molecule has 1 fully saturated rings. The van der Waals surface area contributed by atoms with E-state index in [0.717, 1.165) is 57.6 Å². The zero-order valence-electron chi connectivity index (χ0n) is 14.2. The van der Waals surface area contributed by atoms with Gasteiger partial charge in [0.15, 0.2) is 5.96 Å². The number of benzene rings is 1. The van der Waals surface area contributed by atoms with Crippen LogP contribution in [0.5, 0.6) is 0 Å². The Morgan fingerprint density at radius 1 is 1.17 bits per heavy atom. The number of morpholine rings is 1. The van der Waals surface area contributed by atoms with E-state index in [1.807, 2.05) is 11.8 Å². The Hall–Kier alpha value is -1.24. The van der Waals surface area contributed by atoms with Crippen LogP contribution in [-0.2, 0) is 17.8 Å². The third kappa shape index (κ3) is 6.81. The van der Waals surface area contributed by atoms with E-state index in [4.69, 9.17) is 4.74 Å². The fourth-order valence-corrected chi connectivity index (χ4v) is 2.76. The third-order valence-corrected chi connectivity index (χ3v) is 4.43. The maximum atomic E-state index is 5.39. The number of hydrogen-bond donors (Lipinski definition) is 2. The molecular weight excluding hydrogens is 308 g/mol. The van der Waals surface area contributed by atoms with Crippen molar-refractivity contribution >= 4 is 17.7 Å². The van der Waals surface area contributed by atoms with Crippen LogP contribution >= 0.6 is 11.8 Å². The van der Waals surface area contributed by atoms with Crippen LogP contribution in [0.1, 0.15) is 11.1 Å². The molecule has 0 saturated carbocycles. The Kier molecular flexibility index (Phi) is 8.28. The molecule has 128 valence electrons. The summed E-state index contributed by atoms with van der Waals surface area (Å²) in [6.45, 7) is 6.49. The molecule has 1 saturated heterocycles. The summed E-state index contributed by atoms with van der Waals surface area (Å²) < 4.78 is 5.39. The van der Waals surface area contributed by atoms with E-state index in [1.165, 1.54) is 11.1 Å². The lowest BCUT2D eigenvalue weighted by atomic mass is 10.1. The second-order valence-electron chi connectivity index (χ2n) is 5.55. The molecule has 1 heterocycles. The molecule has 0 aliphatic carbocycles. The van der Waals surface area contributed by atoms with Gasteiger partial charge in [-0.15, -0.1) is 0 Å². The van der Waals surface area contributed by atoms with Gasteiger partial charge >= 0.3 is 0 Å². The molecule has 1 aliphatic rings. The molecule has 5 nitrogen and oxygen atoms in total. The van der Waals surface area contributed by atoms with Crippen molar-refractivity contribution in [2.45, 2.75) is 13.1 Å². The highest BCUT2D eigenvalue weighted by Gasteiger charge is 2.10. The SMILES string of the molecule is CN=C(NCCSC)NCc1ccc(CN2CCOCC2)cc1. The maximum Gasteiger partial charge on any atom is 0.191 e. The van der Waals surface area contributed by atoms with Crippen LogP contribution in [0.15, 0.2) is 29.3 Å². The fourth-order valence-electron chi connectivity index (χ4n) is 2.46. The van der Waals surface area contributed by atoms with Crippen LogP contribution in [0.3, 0.4) is 0 Å². The fraction of sp³-hybridized carbons (Fsp3) is 0.588. The van der Waals surface area contributed by atoms with Crippen molar-refractivity contribution in [1.82, 2.24) is 15.5 Å². The Morgan fingerprint density at radius 3 is 2.52 bits per heavy atom. The lowest BCUT2D eigenvalue weighted by molar-refractivity contribution is 0.0342. The molecule has 1 aromatic carbocycles. The van der Waals surface area contributed by atoms with Crippen LogP contribution < -0.4 is 10.6 Å². The van der Waals surface area contributed by atoms with E-state index in [0.29, 0.717) is 0 Å². The maximum absolute atomic E-state index is 5.39. The zero-order chi connectivity index (χ0) is 16.3. The largest absolute Gasteiger partial charge is 0.379 e. The van der Waals surface area contributed by atoms with Crippen molar-refractivity contribution < 1.29 is 4.74 Å². The van der Waals surface area contributed by atoms with Crippen molar-refractivity contribution in [3.05, 3.63) is 35.4 Å². The average molecular weight is 337 g/mol. The van der Waals surface area contributed by atoms with Crippen molar-refractivity contribution in [2.75, 3.05) is 51.9 Å². The predicted molar refractivity (Wildman–Crippen MR) is 99.1 cm³/mol. The molecule has 6 heteroatoms. The zero-order valence-corrected chi connectivity index (χ0v) is 15.0. The molecule has 0 radical (unpaired) electrons. The first kappa shape index (κ1) is 18.1. The quantitative estimate of drug-likeness (QED) is 0.449. The minimum Gasteiger partial charge on any atom is -0.379 e. The van der Waals surface area contributed by atoms with E-state index in [9.17, 15) is 0 Å². The minimum atomic E-state index is 0.788. The first-order chi connectivity index (χ1) is 11.3. The number of nitrogens with one attached hydrogen (secondary N) is 2. The van der Waals surface area contributed by atoms with Gasteiger partial charge in [0.25, 0.3) is 0 Å². The van der Waals surface area contributed by atoms with Gasteiger partial charge in [0.1, 0.15) is 0 Å². The highest BCUT2D eigenvalue weighted by molar-refractivity contribution is 7.98. The summed E-state index contributed by atoms with van der Waals surface area (Å²) in [7, 11) is 1.81. The molecule has 23 heavy (non-hydrogen) atoms. The number of ether oxygens (including phenoxy) is 1.